The molecule has 0 aliphatic carbocycles. The van der Waals surface area contributed by atoms with Gasteiger partial charge in [0.05, 0.1) is 17.6 Å². The second-order valence-corrected chi connectivity index (χ2v) is 6.94. The van der Waals surface area contributed by atoms with E-state index in [-0.39, 0.29) is 17.5 Å². The lowest BCUT2D eigenvalue weighted by Crippen LogP contribution is -2.38. The smallest absolute Gasteiger partial charge is 0.416 e. The monoisotopic (exact) mass is 423 g/mol. The first-order valence-electron chi connectivity index (χ1n) is 9.24. The van der Waals surface area contributed by atoms with Crippen molar-refractivity contribution in [1.82, 2.24) is 0 Å². The standard InChI is InChI=1S/C20H20F3N3O4/c1-30-16-5-3-15(4-6-16)24-19(27)13-8-10-25(11-9-13)17-7-2-14(20(21,22)23)12-18(17)26(28)29/h2-7,12-13H,8-11H2,1H3,(H,24,27). The van der Waals surface area contributed by atoms with E-state index < -0.39 is 22.4 Å². The van der Waals surface area contributed by atoms with Gasteiger partial charge in [0.25, 0.3) is 5.69 Å². The number of nitrogens with one attached hydrogen (secondary N) is 1. The van der Waals surface area contributed by atoms with E-state index in [9.17, 15) is 28.1 Å². The number of hydrogen-bond donors (Lipinski definition) is 1. The van der Waals surface area contributed by atoms with Crippen LogP contribution in [0.15, 0.2) is 42.5 Å². The van der Waals surface area contributed by atoms with E-state index in [0.29, 0.717) is 43.4 Å². The van der Waals surface area contributed by atoms with Crippen LogP contribution >= 0.6 is 0 Å². The molecule has 0 saturated carbocycles. The minimum absolute atomic E-state index is 0.127. The number of alkyl halides is 3. The Morgan fingerprint density at radius 1 is 1.17 bits per heavy atom. The Morgan fingerprint density at radius 3 is 2.33 bits per heavy atom. The highest BCUT2D eigenvalue weighted by molar-refractivity contribution is 5.92. The van der Waals surface area contributed by atoms with Gasteiger partial charge in [-0.15, -0.1) is 0 Å². The first kappa shape index (κ1) is 21.4. The topological polar surface area (TPSA) is 84.7 Å². The van der Waals surface area contributed by atoms with Gasteiger partial charge in [0.1, 0.15) is 11.4 Å². The fourth-order valence-electron chi connectivity index (χ4n) is 3.41. The molecule has 1 aliphatic heterocycles. The van der Waals surface area contributed by atoms with Crippen molar-refractivity contribution in [2.75, 3.05) is 30.4 Å². The molecule has 0 bridgehead atoms. The number of rotatable bonds is 5. The number of nitrogens with zero attached hydrogens (tertiary/aromatic N) is 2. The van der Waals surface area contributed by atoms with Gasteiger partial charge in [-0.05, 0) is 49.2 Å². The molecule has 0 atom stereocenters. The number of anilines is 2. The number of piperidine rings is 1. The van der Waals surface area contributed by atoms with Crippen LogP contribution in [0, 0.1) is 16.0 Å². The minimum Gasteiger partial charge on any atom is -0.497 e. The largest absolute Gasteiger partial charge is 0.497 e. The number of hydrogen-bond acceptors (Lipinski definition) is 5. The molecule has 1 amide bonds. The van der Waals surface area contributed by atoms with Gasteiger partial charge in [-0.2, -0.15) is 13.2 Å². The molecule has 0 radical (unpaired) electrons. The lowest BCUT2D eigenvalue weighted by atomic mass is 9.95. The fourth-order valence-corrected chi connectivity index (χ4v) is 3.41. The Labute approximate surface area is 170 Å². The molecule has 3 rings (SSSR count). The van der Waals surface area contributed by atoms with E-state index in [2.05, 4.69) is 5.32 Å². The van der Waals surface area contributed by atoms with Crippen molar-refractivity contribution < 1.29 is 27.6 Å². The van der Waals surface area contributed by atoms with Crippen LogP contribution in [0.25, 0.3) is 0 Å². The van der Waals surface area contributed by atoms with Crippen molar-refractivity contribution in [1.29, 1.82) is 0 Å². The summed E-state index contributed by atoms with van der Waals surface area (Å²) in [5, 5.41) is 14.1. The van der Waals surface area contributed by atoms with Crippen molar-refractivity contribution in [3.63, 3.8) is 0 Å². The summed E-state index contributed by atoms with van der Waals surface area (Å²) in [5.41, 5.74) is -0.902. The van der Waals surface area contributed by atoms with Crippen molar-refractivity contribution >= 4 is 23.0 Å². The molecule has 1 heterocycles. The first-order chi connectivity index (χ1) is 14.2. The molecular formula is C20H20F3N3O4. The molecule has 10 heteroatoms. The summed E-state index contributed by atoms with van der Waals surface area (Å²) >= 11 is 0. The molecule has 1 saturated heterocycles. The average molecular weight is 423 g/mol. The predicted molar refractivity (Wildman–Crippen MR) is 105 cm³/mol. The fraction of sp³-hybridized carbons (Fsp3) is 0.350. The van der Waals surface area contributed by atoms with Crippen LogP contribution in [0.4, 0.5) is 30.2 Å². The van der Waals surface area contributed by atoms with Crippen LogP contribution in [0.5, 0.6) is 5.75 Å². The third-order valence-corrected chi connectivity index (χ3v) is 5.06. The normalized spacial score (nSPS) is 15.0. The van der Waals surface area contributed by atoms with E-state index in [0.717, 1.165) is 12.1 Å². The summed E-state index contributed by atoms with van der Waals surface area (Å²) in [6, 6.07) is 9.40. The third kappa shape index (κ3) is 4.81. The van der Waals surface area contributed by atoms with Crippen LogP contribution in [-0.2, 0) is 11.0 Å². The van der Waals surface area contributed by atoms with E-state index >= 15 is 0 Å². The van der Waals surface area contributed by atoms with Gasteiger partial charge in [-0.1, -0.05) is 0 Å². The maximum atomic E-state index is 12.9. The van der Waals surface area contributed by atoms with Gasteiger partial charge in [0.2, 0.25) is 5.91 Å². The zero-order valence-corrected chi connectivity index (χ0v) is 16.1. The Morgan fingerprint density at radius 2 is 1.80 bits per heavy atom. The molecule has 2 aromatic carbocycles. The Hall–Kier alpha value is -3.30. The second kappa shape index (κ2) is 8.60. The highest BCUT2D eigenvalue weighted by Crippen LogP contribution is 2.37. The molecule has 160 valence electrons. The van der Waals surface area contributed by atoms with Crippen molar-refractivity contribution in [3.8, 4) is 5.75 Å². The van der Waals surface area contributed by atoms with Gasteiger partial charge >= 0.3 is 6.18 Å². The molecule has 7 nitrogen and oxygen atoms in total. The van der Waals surface area contributed by atoms with Crippen LogP contribution in [0.2, 0.25) is 0 Å². The number of amides is 1. The lowest BCUT2D eigenvalue weighted by molar-refractivity contribution is -0.384. The minimum atomic E-state index is -4.66. The predicted octanol–water partition coefficient (Wildman–Crippen LogP) is 4.48. The zero-order valence-electron chi connectivity index (χ0n) is 16.1. The highest BCUT2D eigenvalue weighted by Gasteiger charge is 2.34. The molecule has 30 heavy (non-hydrogen) atoms. The Bertz CT molecular complexity index is 924. The molecule has 1 aliphatic rings. The molecule has 2 aromatic rings. The van der Waals surface area contributed by atoms with Crippen LogP contribution in [-0.4, -0.2) is 31.0 Å². The number of methoxy groups -OCH3 is 1. The van der Waals surface area contributed by atoms with Crippen molar-refractivity contribution in [2.24, 2.45) is 5.92 Å². The number of halogens is 3. The van der Waals surface area contributed by atoms with Crippen molar-refractivity contribution in [3.05, 3.63) is 58.1 Å². The van der Waals surface area contributed by atoms with Gasteiger partial charge in [-0.3, -0.25) is 14.9 Å². The SMILES string of the molecule is COc1ccc(NC(=O)C2CCN(c3ccc(C(F)(F)F)cc3[N+](=O)[O-])CC2)cc1. The van der Waals surface area contributed by atoms with Crippen LogP contribution in [0.1, 0.15) is 18.4 Å². The molecule has 1 N–H and O–H groups in total. The summed E-state index contributed by atoms with van der Waals surface area (Å²) in [6.45, 7) is 0.653. The average Bonchev–Trinajstić information content (AvgIpc) is 2.73. The van der Waals surface area contributed by atoms with Gasteiger partial charge in [-0.25, -0.2) is 0 Å². The Kier molecular flexibility index (Phi) is 6.14. The van der Waals surface area contributed by atoms with E-state index in [4.69, 9.17) is 4.74 Å². The zero-order chi connectivity index (χ0) is 21.9. The lowest BCUT2D eigenvalue weighted by Gasteiger charge is -2.32. The highest BCUT2D eigenvalue weighted by atomic mass is 19.4. The molecule has 0 spiro atoms. The number of nitro benzene ring substituents is 1. The van der Waals surface area contributed by atoms with E-state index in [1.54, 1.807) is 36.3 Å². The van der Waals surface area contributed by atoms with E-state index in [1.807, 2.05) is 0 Å². The second-order valence-electron chi connectivity index (χ2n) is 6.94. The molecular weight excluding hydrogens is 403 g/mol. The molecule has 0 unspecified atom stereocenters. The number of carbonyl (C=O) groups is 1. The first-order valence-corrected chi connectivity index (χ1v) is 9.24. The number of ether oxygens (including phenoxy) is 1. The van der Waals surface area contributed by atoms with Crippen LogP contribution < -0.4 is 15.0 Å². The summed E-state index contributed by atoms with van der Waals surface area (Å²) in [7, 11) is 1.54. The van der Waals surface area contributed by atoms with Gasteiger partial charge < -0.3 is 15.0 Å². The van der Waals surface area contributed by atoms with Crippen LogP contribution in [0.3, 0.4) is 0 Å². The number of benzene rings is 2. The summed E-state index contributed by atoms with van der Waals surface area (Å²) in [5.74, 6) is 0.207. The Balaban J connectivity index is 1.66. The van der Waals surface area contributed by atoms with Gasteiger partial charge in [0.15, 0.2) is 0 Å². The maximum Gasteiger partial charge on any atom is 0.416 e. The maximum absolute atomic E-state index is 12.9. The van der Waals surface area contributed by atoms with Gasteiger partial charge in [0, 0.05) is 30.8 Å². The van der Waals surface area contributed by atoms with Crippen molar-refractivity contribution in [2.45, 2.75) is 19.0 Å². The van der Waals surface area contributed by atoms with E-state index in [1.165, 1.54) is 0 Å². The quantitative estimate of drug-likeness (QED) is 0.566. The number of nitro groups is 1. The molecule has 1 fully saturated rings. The third-order valence-electron chi connectivity index (χ3n) is 5.06. The summed E-state index contributed by atoms with van der Waals surface area (Å²) in [6.07, 6.45) is -3.80. The summed E-state index contributed by atoms with van der Waals surface area (Å²) in [4.78, 5) is 24.6. The summed E-state index contributed by atoms with van der Waals surface area (Å²) < 4.78 is 43.7. The number of carbonyl (C=O) groups excluding carboxylic acids is 1. The molecule has 0 aromatic heterocycles.